The molecule has 8 heteroatoms. The number of nitriles is 1. The number of nitrogens with one attached hydrogen (secondary N) is 1. The predicted molar refractivity (Wildman–Crippen MR) is 123 cm³/mol. The monoisotopic (exact) mass is 458 g/mol. The van der Waals surface area contributed by atoms with E-state index in [2.05, 4.69) is 25.2 Å². The molecule has 1 unspecified atom stereocenters. The number of hydrogen-bond donors (Lipinski definition) is 2. The molecular weight excluding hydrogens is 424 g/mol. The maximum atomic E-state index is 12.9. The van der Waals surface area contributed by atoms with Crippen molar-refractivity contribution >= 4 is 28.3 Å². The molecule has 0 bridgehead atoms. The van der Waals surface area contributed by atoms with E-state index >= 15 is 0 Å². The number of carbonyl (C=O) groups is 2. The van der Waals surface area contributed by atoms with E-state index in [9.17, 15) is 14.7 Å². The van der Waals surface area contributed by atoms with E-state index in [-0.39, 0.29) is 46.8 Å². The predicted octanol–water partition coefficient (Wildman–Crippen LogP) is 3.55. The van der Waals surface area contributed by atoms with E-state index in [0.29, 0.717) is 18.1 Å². The number of hydrogen-bond acceptors (Lipinski definition) is 6. The zero-order valence-corrected chi connectivity index (χ0v) is 20.2. The number of fused-ring (bicyclic) bond motifs is 2. The third-order valence-electron chi connectivity index (χ3n) is 8.07. The van der Waals surface area contributed by atoms with Crippen molar-refractivity contribution in [2.24, 2.45) is 29.1 Å². The Labute approximate surface area is 194 Å². The Morgan fingerprint density at radius 1 is 1.41 bits per heavy atom. The molecule has 0 aliphatic heterocycles. The Kier molecular flexibility index (Phi) is 6.34. The summed E-state index contributed by atoms with van der Waals surface area (Å²) in [7, 11) is 1.73. The zero-order chi connectivity index (χ0) is 23.2. The average molecular weight is 459 g/mol. The van der Waals surface area contributed by atoms with Crippen LogP contribution in [0.2, 0.25) is 0 Å². The molecule has 6 atom stereocenters. The third-order valence-corrected chi connectivity index (χ3v) is 9.05. The lowest BCUT2D eigenvalue weighted by Gasteiger charge is -2.53. The van der Waals surface area contributed by atoms with E-state index in [1.807, 2.05) is 6.92 Å². The number of aromatic nitrogens is 1. The molecule has 3 aliphatic carbocycles. The fourth-order valence-corrected chi connectivity index (χ4v) is 7.28. The smallest absolute Gasteiger partial charge is 0.229 e. The van der Waals surface area contributed by atoms with Gasteiger partial charge >= 0.3 is 0 Å². The molecule has 4 rings (SSSR count). The molecule has 7 nitrogen and oxygen atoms in total. The van der Waals surface area contributed by atoms with Gasteiger partial charge in [0.2, 0.25) is 11.8 Å². The summed E-state index contributed by atoms with van der Waals surface area (Å²) >= 11 is 1.58. The Hall–Kier alpha value is -1.98. The summed E-state index contributed by atoms with van der Waals surface area (Å²) in [6.07, 6.45) is 4.25. The number of thiazole rings is 1. The first-order chi connectivity index (χ1) is 15.2. The maximum absolute atomic E-state index is 12.9. The lowest BCUT2D eigenvalue weighted by Crippen LogP contribution is -2.53. The normalized spacial score (nSPS) is 32.2. The fourth-order valence-electron chi connectivity index (χ4n) is 6.01. The number of anilines is 1. The van der Waals surface area contributed by atoms with Gasteiger partial charge in [0.15, 0.2) is 5.13 Å². The lowest BCUT2D eigenvalue weighted by atomic mass is 9.53. The molecule has 174 valence electrons. The lowest BCUT2D eigenvalue weighted by molar-refractivity contribution is -0.143. The van der Waals surface area contributed by atoms with Crippen molar-refractivity contribution in [3.63, 3.8) is 0 Å². The SMILES string of the molecule is C[C@H](C(=O)N(C)CCC#N)C1CC[C@@]2(C)Cc3sc(NC(=O)C4CC4)nc3[C@@H](C)[C@@H]2[C@H]1O. The quantitative estimate of drug-likeness (QED) is 0.678. The first kappa shape index (κ1) is 23.2. The Morgan fingerprint density at radius 2 is 2.12 bits per heavy atom. The van der Waals surface area contributed by atoms with E-state index in [0.717, 1.165) is 37.8 Å². The number of aliphatic hydroxyl groups is 1. The third kappa shape index (κ3) is 4.17. The van der Waals surface area contributed by atoms with Crippen LogP contribution in [0, 0.1) is 40.4 Å². The van der Waals surface area contributed by atoms with Gasteiger partial charge in [0.1, 0.15) is 0 Å². The van der Waals surface area contributed by atoms with Gasteiger partial charge in [-0.1, -0.05) is 20.8 Å². The van der Waals surface area contributed by atoms with Crippen LogP contribution in [0.25, 0.3) is 0 Å². The molecule has 2 fully saturated rings. The van der Waals surface area contributed by atoms with Crippen molar-refractivity contribution in [3.8, 4) is 6.07 Å². The van der Waals surface area contributed by atoms with Gasteiger partial charge in [-0.25, -0.2) is 4.98 Å². The molecule has 0 spiro atoms. The number of carbonyl (C=O) groups excluding carboxylic acids is 2. The van der Waals surface area contributed by atoms with Crippen LogP contribution in [-0.4, -0.2) is 46.5 Å². The molecule has 0 saturated heterocycles. The summed E-state index contributed by atoms with van der Waals surface area (Å²) in [6.45, 7) is 6.71. The van der Waals surface area contributed by atoms with E-state index in [1.54, 1.807) is 23.3 Å². The zero-order valence-electron chi connectivity index (χ0n) is 19.4. The summed E-state index contributed by atoms with van der Waals surface area (Å²) in [5.74, 6) is -0.125. The number of amides is 2. The van der Waals surface area contributed by atoms with Crippen molar-refractivity contribution in [1.29, 1.82) is 5.26 Å². The molecule has 0 aromatic carbocycles. The average Bonchev–Trinajstić information content (AvgIpc) is 3.52. The number of rotatable bonds is 6. The van der Waals surface area contributed by atoms with Crippen molar-refractivity contribution in [2.45, 2.75) is 71.3 Å². The van der Waals surface area contributed by atoms with Crippen molar-refractivity contribution in [1.82, 2.24) is 9.88 Å². The Balaban J connectivity index is 1.52. The van der Waals surface area contributed by atoms with E-state index < -0.39 is 6.10 Å². The van der Waals surface area contributed by atoms with Gasteiger partial charge in [-0.15, -0.1) is 11.3 Å². The van der Waals surface area contributed by atoms with Crippen LogP contribution < -0.4 is 5.32 Å². The minimum Gasteiger partial charge on any atom is -0.392 e. The Bertz CT molecular complexity index is 936. The molecule has 1 aromatic rings. The summed E-state index contributed by atoms with van der Waals surface area (Å²) < 4.78 is 0. The summed E-state index contributed by atoms with van der Waals surface area (Å²) in [4.78, 5) is 32.7. The van der Waals surface area contributed by atoms with Crippen LogP contribution in [0.15, 0.2) is 0 Å². The molecule has 2 N–H and O–H groups in total. The molecule has 3 aliphatic rings. The standard InChI is InChI=1S/C24H34N4O3S/c1-13(22(31)28(4)11-5-10-25)16-8-9-24(3)12-17-19(14(2)18(24)20(16)29)26-23(32-17)27-21(30)15-6-7-15/h13-16,18,20,29H,5-9,11-12H2,1-4H3,(H,26,27,30)/t13-,14-,16?,18+,20-,24-/m0/s1. The van der Waals surface area contributed by atoms with Crippen molar-refractivity contribution in [3.05, 3.63) is 10.6 Å². The summed E-state index contributed by atoms with van der Waals surface area (Å²) in [6, 6.07) is 2.09. The van der Waals surface area contributed by atoms with Crippen molar-refractivity contribution in [2.75, 3.05) is 18.9 Å². The summed E-state index contributed by atoms with van der Waals surface area (Å²) in [5, 5.41) is 24.0. The molecule has 1 aromatic heterocycles. The van der Waals surface area contributed by atoms with Crippen LogP contribution in [0.4, 0.5) is 5.13 Å². The minimum atomic E-state index is -0.591. The second-order valence-electron chi connectivity index (χ2n) is 10.4. The first-order valence-corrected chi connectivity index (χ1v) is 12.6. The van der Waals surface area contributed by atoms with Gasteiger partial charge in [0.05, 0.1) is 24.3 Å². The van der Waals surface area contributed by atoms with Gasteiger partial charge in [-0.2, -0.15) is 5.26 Å². The highest BCUT2D eigenvalue weighted by Gasteiger charge is 2.54. The second-order valence-corrected chi connectivity index (χ2v) is 11.5. The minimum absolute atomic E-state index is 0.00390. The molecular formula is C24H34N4O3S. The number of nitrogens with zero attached hydrogens (tertiary/aromatic N) is 3. The Morgan fingerprint density at radius 3 is 2.78 bits per heavy atom. The molecule has 2 amide bonds. The van der Waals surface area contributed by atoms with Gasteiger partial charge < -0.3 is 15.3 Å². The first-order valence-electron chi connectivity index (χ1n) is 11.8. The molecule has 2 saturated carbocycles. The highest BCUT2D eigenvalue weighted by atomic mass is 32.1. The largest absolute Gasteiger partial charge is 0.392 e. The van der Waals surface area contributed by atoms with Gasteiger partial charge in [-0.05, 0) is 49.4 Å². The number of aliphatic hydroxyl groups excluding tert-OH is 1. The van der Waals surface area contributed by atoms with Crippen LogP contribution in [0.1, 0.15) is 69.4 Å². The van der Waals surface area contributed by atoms with Gasteiger partial charge in [-0.3, -0.25) is 9.59 Å². The van der Waals surface area contributed by atoms with Gasteiger partial charge in [0.25, 0.3) is 0 Å². The van der Waals surface area contributed by atoms with E-state index in [4.69, 9.17) is 10.2 Å². The highest BCUT2D eigenvalue weighted by Crippen LogP contribution is 2.57. The summed E-state index contributed by atoms with van der Waals surface area (Å²) in [5.41, 5.74) is 0.940. The fraction of sp³-hybridized carbons (Fsp3) is 0.750. The molecule has 0 radical (unpaired) electrons. The van der Waals surface area contributed by atoms with Crippen molar-refractivity contribution < 1.29 is 14.7 Å². The van der Waals surface area contributed by atoms with Crippen LogP contribution in [0.3, 0.4) is 0 Å². The van der Waals surface area contributed by atoms with Crippen LogP contribution >= 0.6 is 11.3 Å². The van der Waals surface area contributed by atoms with Crippen LogP contribution in [0.5, 0.6) is 0 Å². The second kappa shape index (κ2) is 8.75. The maximum Gasteiger partial charge on any atom is 0.229 e. The topological polar surface area (TPSA) is 106 Å². The van der Waals surface area contributed by atoms with Crippen LogP contribution in [-0.2, 0) is 16.0 Å². The highest BCUT2D eigenvalue weighted by molar-refractivity contribution is 7.15. The molecule has 32 heavy (non-hydrogen) atoms. The molecule has 1 heterocycles. The van der Waals surface area contributed by atoms with E-state index in [1.165, 1.54) is 4.88 Å². The van der Waals surface area contributed by atoms with Gasteiger partial charge in [0, 0.05) is 36.2 Å².